The summed E-state index contributed by atoms with van der Waals surface area (Å²) in [5.74, 6) is -2.84. The quantitative estimate of drug-likeness (QED) is 0.495. The topological polar surface area (TPSA) is 118 Å². The number of aliphatic carboxylic acids is 1. The number of nitrogen functional groups attached to an aromatic ring is 1. The first-order chi connectivity index (χ1) is 10.8. The number of hydrogen-bond donors (Lipinski definition) is 2. The molecule has 0 spiro atoms. The van der Waals surface area contributed by atoms with Gasteiger partial charge in [0.25, 0.3) is 11.6 Å². The van der Waals surface area contributed by atoms with Crippen LogP contribution in [0, 0.1) is 6.92 Å². The summed E-state index contributed by atoms with van der Waals surface area (Å²) in [6, 6.07) is 9.64. The van der Waals surface area contributed by atoms with Crippen LogP contribution in [0.1, 0.15) is 11.1 Å². The second-order valence-electron chi connectivity index (χ2n) is 4.51. The highest BCUT2D eigenvalue weighted by Crippen LogP contribution is 2.13. The van der Waals surface area contributed by atoms with Crippen molar-refractivity contribution in [3.05, 3.63) is 64.8 Å². The van der Waals surface area contributed by atoms with Crippen molar-refractivity contribution in [2.75, 3.05) is 5.73 Å². The molecule has 0 aliphatic carbocycles. The zero-order valence-corrected chi connectivity index (χ0v) is 13.0. The number of carboxylic acid groups (broad SMARTS) is 1. The van der Waals surface area contributed by atoms with E-state index in [-0.39, 0.29) is 5.56 Å². The van der Waals surface area contributed by atoms with Gasteiger partial charge in [0.15, 0.2) is 0 Å². The van der Waals surface area contributed by atoms with Crippen molar-refractivity contribution in [3.8, 4) is 0 Å². The van der Waals surface area contributed by atoms with Gasteiger partial charge in [0.1, 0.15) is 0 Å². The smallest absolute Gasteiger partial charge is 0.376 e. The number of aryl methyl sites for hydroxylation is 1. The van der Waals surface area contributed by atoms with Gasteiger partial charge in [0.05, 0.1) is 6.20 Å². The van der Waals surface area contributed by atoms with Gasteiger partial charge in [-0.1, -0.05) is 29.5 Å². The van der Waals surface area contributed by atoms with Gasteiger partial charge in [0.2, 0.25) is 0 Å². The molecule has 6 nitrogen and oxygen atoms in total. The number of nitrogens with one attached hydrogen (secondary N) is 1. The number of hydrogen-bond acceptors (Lipinski definition) is 4. The third-order valence-electron chi connectivity index (χ3n) is 2.58. The van der Waals surface area contributed by atoms with Gasteiger partial charge >= 0.3 is 5.97 Å². The fourth-order valence-corrected chi connectivity index (χ4v) is 1.61. The van der Waals surface area contributed by atoms with Crippen LogP contribution in [0.5, 0.6) is 0 Å². The van der Waals surface area contributed by atoms with E-state index >= 15 is 0 Å². The molecular formula is C16H15ClN2O4. The van der Waals surface area contributed by atoms with Crippen LogP contribution in [0.15, 0.2) is 48.7 Å². The molecule has 0 radical (unpaired) electrons. The standard InChI is InChI=1S/C10H7ClO4.C6H8N2/c11-7-3-1-6(2-4-7)8(12)5-9(13)10(14)15;1-5-2-3-8-6(7)4-5/h1-5,12H,(H,14,15);2-4H,1H3,(H2,7,8). The molecule has 0 aliphatic rings. The minimum Gasteiger partial charge on any atom is -0.872 e. The average Bonchev–Trinajstić information content (AvgIpc) is 2.48. The molecule has 0 bridgehead atoms. The number of halogens is 1. The Hall–Kier alpha value is -2.86. The molecule has 2 aromatic rings. The summed E-state index contributed by atoms with van der Waals surface area (Å²) < 4.78 is 0. The predicted octanol–water partition coefficient (Wildman–Crippen LogP) is 1.09. The minimum atomic E-state index is -1.66. The summed E-state index contributed by atoms with van der Waals surface area (Å²) in [7, 11) is 0. The molecule has 23 heavy (non-hydrogen) atoms. The Labute approximate surface area is 137 Å². The van der Waals surface area contributed by atoms with E-state index in [1.165, 1.54) is 29.8 Å². The molecule has 120 valence electrons. The Morgan fingerprint density at radius 1 is 1.26 bits per heavy atom. The van der Waals surface area contributed by atoms with Crippen molar-refractivity contribution < 1.29 is 24.8 Å². The number of pyridine rings is 1. The van der Waals surface area contributed by atoms with Crippen LogP contribution in [0.4, 0.5) is 5.82 Å². The Morgan fingerprint density at radius 3 is 2.30 bits per heavy atom. The first-order valence-corrected chi connectivity index (χ1v) is 6.83. The zero-order chi connectivity index (χ0) is 17.4. The van der Waals surface area contributed by atoms with Crippen molar-refractivity contribution in [2.45, 2.75) is 6.92 Å². The molecule has 0 unspecified atom stereocenters. The molecule has 0 fully saturated rings. The zero-order valence-electron chi connectivity index (χ0n) is 12.2. The molecular weight excluding hydrogens is 320 g/mol. The van der Waals surface area contributed by atoms with Crippen molar-refractivity contribution in [2.24, 2.45) is 0 Å². The normalized spacial score (nSPS) is 10.4. The van der Waals surface area contributed by atoms with E-state index in [2.05, 4.69) is 4.98 Å². The van der Waals surface area contributed by atoms with E-state index in [0.29, 0.717) is 16.9 Å². The third-order valence-corrected chi connectivity index (χ3v) is 2.83. The lowest BCUT2D eigenvalue weighted by molar-refractivity contribution is -0.360. The molecule has 0 amide bonds. The molecule has 4 N–H and O–H groups in total. The maximum Gasteiger partial charge on any atom is 0.376 e. The summed E-state index contributed by atoms with van der Waals surface area (Å²) in [6.45, 7) is 2.00. The summed E-state index contributed by atoms with van der Waals surface area (Å²) in [5.41, 5.74) is 6.80. The molecule has 7 heteroatoms. The number of aromatic nitrogens is 1. The van der Waals surface area contributed by atoms with E-state index in [0.717, 1.165) is 0 Å². The Morgan fingerprint density at radius 2 is 1.87 bits per heavy atom. The van der Waals surface area contributed by atoms with Crippen molar-refractivity contribution in [1.29, 1.82) is 0 Å². The lowest BCUT2D eigenvalue weighted by Gasteiger charge is -2.10. The van der Waals surface area contributed by atoms with Gasteiger partial charge in [-0.2, -0.15) is 0 Å². The molecule has 0 saturated heterocycles. The highest BCUT2D eigenvalue weighted by atomic mass is 35.5. The maximum atomic E-state index is 11.3. The van der Waals surface area contributed by atoms with Crippen molar-refractivity contribution in [1.82, 2.24) is 0 Å². The molecule has 0 saturated carbocycles. The van der Waals surface area contributed by atoms with Gasteiger partial charge in [-0.05, 0) is 42.3 Å². The van der Waals surface area contributed by atoms with Crippen LogP contribution in [0.25, 0.3) is 5.76 Å². The van der Waals surface area contributed by atoms with Crippen molar-refractivity contribution in [3.63, 3.8) is 0 Å². The number of aromatic amines is 1. The Balaban J connectivity index is 0.000000277. The molecule has 1 heterocycles. The van der Waals surface area contributed by atoms with E-state index in [4.69, 9.17) is 22.4 Å². The largest absolute Gasteiger partial charge is 0.872 e. The first-order valence-electron chi connectivity index (χ1n) is 6.45. The van der Waals surface area contributed by atoms with E-state index < -0.39 is 17.5 Å². The van der Waals surface area contributed by atoms with Crippen LogP contribution in [0.3, 0.4) is 0 Å². The van der Waals surface area contributed by atoms with E-state index in [1.54, 1.807) is 0 Å². The fraction of sp³-hybridized carbons (Fsp3) is 0.0625. The maximum absolute atomic E-state index is 11.3. The summed E-state index contributed by atoms with van der Waals surface area (Å²) >= 11 is 5.59. The van der Waals surface area contributed by atoms with Crippen LogP contribution in [-0.2, 0) is 9.59 Å². The van der Waals surface area contributed by atoms with Crippen LogP contribution in [-0.4, -0.2) is 16.9 Å². The molecule has 0 atom stereocenters. The van der Waals surface area contributed by atoms with Gasteiger partial charge < -0.3 is 10.2 Å². The number of carboxylic acids is 1. The first kappa shape index (κ1) is 18.2. The van der Waals surface area contributed by atoms with E-state index in [1.807, 2.05) is 25.3 Å². The monoisotopic (exact) mass is 334 g/mol. The van der Waals surface area contributed by atoms with Gasteiger partial charge in [-0.3, -0.25) is 10.5 Å². The molecule has 2 rings (SSSR count). The predicted molar refractivity (Wildman–Crippen MR) is 84.2 cm³/mol. The lowest BCUT2D eigenvalue weighted by atomic mass is 10.1. The van der Waals surface area contributed by atoms with E-state index in [9.17, 15) is 14.7 Å². The Kier molecular flexibility index (Phi) is 6.76. The number of H-pyrrole nitrogens is 1. The van der Waals surface area contributed by atoms with Gasteiger partial charge in [0, 0.05) is 11.1 Å². The van der Waals surface area contributed by atoms with Gasteiger partial charge in [-0.25, -0.2) is 9.78 Å². The number of carbonyl (C=O) groups is 2. The van der Waals surface area contributed by atoms with Gasteiger partial charge in [-0.15, -0.1) is 0 Å². The average molecular weight is 335 g/mol. The SMILES string of the molecule is Cc1cc[nH+]c(N)c1.O=C(O)C(=O)C=C([O-])c1ccc(Cl)cc1. The minimum absolute atomic E-state index is 0.217. The number of anilines is 1. The fourth-order valence-electron chi connectivity index (χ4n) is 1.48. The van der Waals surface area contributed by atoms with Crippen molar-refractivity contribution >= 4 is 34.9 Å². The van der Waals surface area contributed by atoms with Crippen LogP contribution >= 0.6 is 11.6 Å². The highest BCUT2D eigenvalue weighted by molar-refractivity contribution is 6.38. The summed E-state index contributed by atoms with van der Waals surface area (Å²) in [4.78, 5) is 23.7. The summed E-state index contributed by atoms with van der Waals surface area (Å²) in [6.07, 6.45) is 2.36. The molecule has 1 aromatic heterocycles. The van der Waals surface area contributed by atoms with Crippen LogP contribution in [0.2, 0.25) is 5.02 Å². The number of nitrogens with two attached hydrogens (primary N) is 1. The number of ketones is 1. The highest BCUT2D eigenvalue weighted by Gasteiger charge is 2.06. The lowest BCUT2D eigenvalue weighted by Crippen LogP contribution is -2.13. The summed E-state index contributed by atoms with van der Waals surface area (Å²) in [5, 5.41) is 20.0. The third kappa shape index (κ3) is 6.62. The number of benzene rings is 1. The second-order valence-corrected chi connectivity index (χ2v) is 4.94. The number of rotatable bonds is 3. The molecule has 1 aromatic carbocycles. The van der Waals surface area contributed by atoms with Crippen LogP contribution < -0.4 is 15.8 Å². The second kappa shape index (κ2) is 8.55. The molecule has 0 aliphatic heterocycles. The number of carbonyl (C=O) groups excluding carboxylic acids is 1. The Bertz CT molecular complexity index is 710.